The van der Waals surface area contributed by atoms with Crippen LogP contribution in [0.4, 0.5) is 0 Å². The lowest BCUT2D eigenvalue weighted by Gasteiger charge is -2.08. The van der Waals surface area contributed by atoms with Crippen LogP contribution in [0.1, 0.15) is 40.5 Å². The molecule has 1 aliphatic carbocycles. The number of rotatable bonds is 7. The van der Waals surface area contributed by atoms with Crippen molar-refractivity contribution < 1.29 is 4.79 Å². The molecule has 5 rings (SSSR count). The Bertz CT molecular complexity index is 1180. The molecule has 156 valence electrons. The molecule has 0 atom stereocenters. The normalized spacial score (nSPS) is 13.3. The zero-order valence-corrected chi connectivity index (χ0v) is 18.4. The predicted molar refractivity (Wildman–Crippen MR) is 121 cm³/mol. The van der Waals surface area contributed by atoms with Crippen LogP contribution in [0, 0.1) is 0 Å². The molecule has 31 heavy (non-hydrogen) atoms. The lowest BCUT2D eigenvalue weighted by Crippen LogP contribution is -2.27. The second-order valence-corrected chi connectivity index (χ2v) is 8.52. The lowest BCUT2D eigenvalue weighted by molar-refractivity contribution is 0.0948. The maximum absolute atomic E-state index is 12.9. The van der Waals surface area contributed by atoms with E-state index in [4.69, 9.17) is 0 Å². The van der Waals surface area contributed by atoms with Gasteiger partial charge in [0.2, 0.25) is 0 Å². The van der Waals surface area contributed by atoms with Crippen LogP contribution in [0.25, 0.3) is 11.4 Å². The largest absolute Gasteiger partial charge is 0.350 e. The van der Waals surface area contributed by atoms with Crippen molar-refractivity contribution in [2.75, 3.05) is 6.54 Å². The Morgan fingerprint density at radius 1 is 1.06 bits per heavy atom. The van der Waals surface area contributed by atoms with Gasteiger partial charge in [0.1, 0.15) is 0 Å². The highest BCUT2D eigenvalue weighted by Gasteiger charge is 2.34. The molecule has 4 aromatic rings. The maximum atomic E-state index is 12.9. The molecule has 1 aliphatic rings. The summed E-state index contributed by atoms with van der Waals surface area (Å²) in [6, 6.07) is 17.9. The summed E-state index contributed by atoms with van der Waals surface area (Å²) in [5.41, 5.74) is 4.41. The minimum atomic E-state index is -0.168. The highest BCUT2D eigenvalue weighted by atomic mass is 79.9. The number of hydrogen-bond acceptors (Lipinski definition) is 4. The van der Waals surface area contributed by atoms with Crippen molar-refractivity contribution in [2.45, 2.75) is 25.2 Å². The van der Waals surface area contributed by atoms with Crippen LogP contribution in [-0.2, 0) is 6.42 Å². The number of amides is 1. The first-order chi connectivity index (χ1) is 15.2. The second kappa shape index (κ2) is 8.47. The number of halogens is 1. The Morgan fingerprint density at radius 2 is 1.81 bits per heavy atom. The van der Waals surface area contributed by atoms with Gasteiger partial charge >= 0.3 is 0 Å². The summed E-state index contributed by atoms with van der Waals surface area (Å²) in [6.45, 7) is 0.537. The van der Waals surface area contributed by atoms with E-state index in [9.17, 15) is 4.79 Å². The first-order valence-corrected chi connectivity index (χ1v) is 11.1. The standard InChI is InChI=1S/C23H21BrN6O/c24-18-6-10-20(11-7-18)30-22(17-4-5-17)21(27-28-30)23(31)25-14-12-16-2-8-19(9-3-16)29-15-1-13-26-29/h1-3,6-11,13,15,17H,4-5,12,14H2,(H,25,31). The van der Waals surface area contributed by atoms with Crippen molar-refractivity contribution in [1.29, 1.82) is 0 Å². The number of nitrogens with one attached hydrogen (secondary N) is 1. The van der Waals surface area contributed by atoms with E-state index in [1.165, 1.54) is 0 Å². The third kappa shape index (κ3) is 4.29. The van der Waals surface area contributed by atoms with Gasteiger partial charge in [-0.25, -0.2) is 9.36 Å². The molecular formula is C23H21BrN6O. The van der Waals surface area contributed by atoms with E-state index in [2.05, 4.69) is 48.8 Å². The predicted octanol–water partition coefficient (Wildman–Crippen LogP) is 4.07. The Labute approximate surface area is 188 Å². The molecule has 7 nitrogen and oxygen atoms in total. The van der Waals surface area contributed by atoms with Crippen molar-refractivity contribution in [3.8, 4) is 11.4 Å². The van der Waals surface area contributed by atoms with Gasteiger partial charge in [0.25, 0.3) is 5.91 Å². The summed E-state index contributed by atoms with van der Waals surface area (Å²) in [4.78, 5) is 12.9. The van der Waals surface area contributed by atoms with E-state index in [0.29, 0.717) is 18.2 Å². The van der Waals surface area contributed by atoms with Crippen molar-refractivity contribution in [2.24, 2.45) is 0 Å². The second-order valence-electron chi connectivity index (χ2n) is 7.61. The highest BCUT2D eigenvalue weighted by molar-refractivity contribution is 9.10. The molecule has 0 unspecified atom stereocenters. The average Bonchev–Trinajstić information content (AvgIpc) is 3.30. The Balaban J connectivity index is 1.25. The molecule has 0 spiro atoms. The molecule has 1 amide bonds. The topological polar surface area (TPSA) is 77.6 Å². The van der Waals surface area contributed by atoms with Gasteiger partial charge in [-0.3, -0.25) is 4.79 Å². The molecule has 2 heterocycles. The van der Waals surface area contributed by atoms with Gasteiger partial charge < -0.3 is 5.32 Å². The van der Waals surface area contributed by atoms with E-state index in [1.807, 2.05) is 53.3 Å². The fraction of sp³-hybridized carbons (Fsp3) is 0.217. The number of carbonyl (C=O) groups excluding carboxylic acids is 1. The van der Waals surface area contributed by atoms with E-state index in [0.717, 1.165) is 46.4 Å². The van der Waals surface area contributed by atoms with Crippen LogP contribution >= 0.6 is 15.9 Å². The first-order valence-electron chi connectivity index (χ1n) is 10.3. The fourth-order valence-electron chi connectivity index (χ4n) is 3.59. The Hall–Kier alpha value is -3.26. The molecule has 8 heteroatoms. The van der Waals surface area contributed by atoms with Gasteiger partial charge in [0.15, 0.2) is 5.69 Å². The van der Waals surface area contributed by atoms with E-state index in [1.54, 1.807) is 10.9 Å². The quantitative estimate of drug-likeness (QED) is 0.436. The van der Waals surface area contributed by atoms with Crippen LogP contribution in [0.15, 0.2) is 71.5 Å². The lowest BCUT2D eigenvalue weighted by atomic mass is 10.1. The number of nitrogens with zero attached hydrogens (tertiary/aromatic N) is 5. The molecule has 0 bridgehead atoms. The smallest absolute Gasteiger partial charge is 0.273 e. The summed E-state index contributed by atoms with van der Waals surface area (Å²) < 4.78 is 4.62. The summed E-state index contributed by atoms with van der Waals surface area (Å²) in [6.07, 6.45) is 6.53. The molecule has 1 saturated carbocycles. The minimum absolute atomic E-state index is 0.168. The number of hydrogen-bond donors (Lipinski definition) is 1. The monoisotopic (exact) mass is 476 g/mol. The van der Waals surface area contributed by atoms with Crippen LogP contribution < -0.4 is 5.32 Å². The molecule has 1 N–H and O–H groups in total. The highest BCUT2D eigenvalue weighted by Crippen LogP contribution is 2.42. The Morgan fingerprint density at radius 3 is 2.48 bits per heavy atom. The minimum Gasteiger partial charge on any atom is -0.350 e. The number of aromatic nitrogens is 5. The molecule has 0 aliphatic heterocycles. The zero-order chi connectivity index (χ0) is 21.2. The van der Waals surface area contributed by atoms with Crippen molar-refractivity contribution in [3.05, 3.63) is 88.4 Å². The fourth-order valence-corrected chi connectivity index (χ4v) is 3.85. The molecular weight excluding hydrogens is 456 g/mol. The van der Waals surface area contributed by atoms with Gasteiger partial charge in [0, 0.05) is 29.3 Å². The maximum Gasteiger partial charge on any atom is 0.273 e. The van der Waals surface area contributed by atoms with Gasteiger partial charge in [-0.2, -0.15) is 5.10 Å². The van der Waals surface area contributed by atoms with Gasteiger partial charge in [-0.05, 0) is 67.3 Å². The van der Waals surface area contributed by atoms with Crippen LogP contribution in [0.5, 0.6) is 0 Å². The summed E-state index contributed by atoms with van der Waals surface area (Å²) in [7, 11) is 0. The molecule has 1 fully saturated rings. The van der Waals surface area contributed by atoms with E-state index in [-0.39, 0.29) is 5.91 Å². The van der Waals surface area contributed by atoms with E-state index >= 15 is 0 Å². The third-order valence-electron chi connectivity index (χ3n) is 5.36. The van der Waals surface area contributed by atoms with Crippen LogP contribution in [-0.4, -0.2) is 37.2 Å². The first kappa shape index (κ1) is 19.7. The Kier molecular flexibility index (Phi) is 5.38. The molecule has 0 radical (unpaired) electrons. The SMILES string of the molecule is O=C(NCCc1ccc(-n2cccn2)cc1)c1nnn(-c2ccc(Br)cc2)c1C1CC1. The van der Waals surface area contributed by atoms with Gasteiger partial charge in [-0.15, -0.1) is 5.10 Å². The van der Waals surface area contributed by atoms with Crippen LogP contribution in [0.3, 0.4) is 0 Å². The van der Waals surface area contributed by atoms with Crippen molar-refractivity contribution >= 4 is 21.8 Å². The third-order valence-corrected chi connectivity index (χ3v) is 5.89. The zero-order valence-electron chi connectivity index (χ0n) is 16.8. The number of carbonyl (C=O) groups is 1. The number of benzene rings is 2. The molecule has 2 aromatic carbocycles. The van der Waals surface area contributed by atoms with Gasteiger partial charge in [-0.1, -0.05) is 33.3 Å². The van der Waals surface area contributed by atoms with Crippen molar-refractivity contribution in [3.63, 3.8) is 0 Å². The molecule has 0 saturated heterocycles. The van der Waals surface area contributed by atoms with Crippen molar-refractivity contribution in [1.82, 2.24) is 30.1 Å². The molecule has 2 aromatic heterocycles. The average molecular weight is 477 g/mol. The van der Waals surface area contributed by atoms with E-state index < -0.39 is 0 Å². The van der Waals surface area contributed by atoms with Gasteiger partial charge in [0.05, 0.1) is 17.1 Å². The summed E-state index contributed by atoms with van der Waals surface area (Å²) in [5.74, 6) is 0.174. The van der Waals surface area contributed by atoms with Crippen LogP contribution in [0.2, 0.25) is 0 Å². The summed E-state index contributed by atoms with van der Waals surface area (Å²) in [5, 5.41) is 15.7. The summed E-state index contributed by atoms with van der Waals surface area (Å²) >= 11 is 3.45.